The van der Waals surface area contributed by atoms with Gasteiger partial charge in [0, 0.05) is 45.2 Å². The van der Waals surface area contributed by atoms with Gasteiger partial charge in [0.15, 0.2) is 0 Å². The number of hydrogen-bond acceptors (Lipinski definition) is 3. The van der Waals surface area contributed by atoms with Gasteiger partial charge in [-0.15, -0.1) is 0 Å². The van der Waals surface area contributed by atoms with Gasteiger partial charge in [0.25, 0.3) is 0 Å². The maximum Gasteiger partial charge on any atom is 0.227 e. The van der Waals surface area contributed by atoms with Crippen LogP contribution in [0.5, 0.6) is 0 Å². The largest absolute Gasteiger partial charge is 0.341 e. The number of anilines is 1. The highest BCUT2D eigenvalue weighted by molar-refractivity contribution is 5.94. The van der Waals surface area contributed by atoms with E-state index < -0.39 is 0 Å². The summed E-state index contributed by atoms with van der Waals surface area (Å²) in [6.07, 6.45) is 2.40. The monoisotopic (exact) mass is 329 g/mol. The van der Waals surface area contributed by atoms with E-state index in [1.807, 2.05) is 23.1 Å². The van der Waals surface area contributed by atoms with Crippen molar-refractivity contribution in [2.24, 2.45) is 0 Å². The minimum Gasteiger partial charge on any atom is -0.341 e. The first kappa shape index (κ1) is 16.5. The van der Waals surface area contributed by atoms with E-state index in [0.717, 1.165) is 36.2 Å². The summed E-state index contributed by atoms with van der Waals surface area (Å²) in [7, 11) is 0. The molecule has 6 nitrogen and oxygen atoms in total. The molecule has 3 amide bonds. The van der Waals surface area contributed by atoms with Crippen molar-refractivity contribution in [1.29, 1.82) is 0 Å². The highest BCUT2D eigenvalue weighted by atomic mass is 16.2. The molecule has 2 heterocycles. The van der Waals surface area contributed by atoms with Crippen LogP contribution >= 0.6 is 0 Å². The van der Waals surface area contributed by atoms with Crippen molar-refractivity contribution < 1.29 is 14.4 Å². The van der Waals surface area contributed by atoms with Crippen LogP contribution in [-0.2, 0) is 27.2 Å². The first-order chi connectivity index (χ1) is 11.5. The molecule has 2 aliphatic rings. The lowest BCUT2D eigenvalue weighted by Gasteiger charge is -2.22. The number of benzene rings is 1. The lowest BCUT2D eigenvalue weighted by atomic mass is 9.99. The lowest BCUT2D eigenvalue weighted by Crippen LogP contribution is -2.37. The Kier molecular flexibility index (Phi) is 4.83. The fraction of sp³-hybridized carbons (Fsp3) is 0.500. The maximum absolute atomic E-state index is 12.6. The quantitative estimate of drug-likeness (QED) is 0.886. The Balaban J connectivity index is 1.62. The van der Waals surface area contributed by atoms with Crippen molar-refractivity contribution in [3.8, 4) is 0 Å². The molecule has 1 aromatic rings. The number of aryl methyl sites for hydroxylation is 1. The molecule has 24 heavy (non-hydrogen) atoms. The minimum atomic E-state index is 0.0471. The molecule has 1 aromatic carbocycles. The summed E-state index contributed by atoms with van der Waals surface area (Å²) in [4.78, 5) is 39.1. The summed E-state index contributed by atoms with van der Waals surface area (Å²) in [6.45, 7) is 4.20. The number of rotatable bonds is 2. The van der Waals surface area contributed by atoms with E-state index in [1.165, 1.54) is 0 Å². The number of carbonyl (C=O) groups is 3. The Morgan fingerprint density at radius 3 is 2.62 bits per heavy atom. The van der Waals surface area contributed by atoms with Crippen LogP contribution in [0.2, 0.25) is 0 Å². The van der Waals surface area contributed by atoms with E-state index >= 15 is 0 Å². The van der Waals surface area contributed by atoms with Crippen LogP contribution in [0.3, 0.4) is 0 Å². The number of nitrogens with one attached hydrogen (secondary N) is 1. The number of nitrogens with zero attached hydrogens (tertiary/aromatic N) is 2. The predicted octanol–water partition coefficient (Wildman–Crippen LogP) is 1.19. The second kappa shape index (κ2) is 7.03. The van der Waals surface area contributed by atoms with Gasteiger partial charge in [-0.05, 0) is 30.0 Å². The summed E-state index contributed by atoms with van der Waals surface area (Å²) in [5, 5.41) is 2.86. The second-order valence-corrected chi connectivity index (χ2v) is 6.46. The van der Waals surface area contributed by atoms with Crippen molar-refractivity contribution in [1.82, 2.24) is 9.80 Å². The summed E-state index contributed by atoms with van der Waals surface area (Å²) < 4.78 is 0. The van der Waals surface area contributed by atoms with Crippen molar-refractivity contribution >= 4 is 23.4 Å². The van der Waals surface area contributed by atoms with Crippen molar-refractivity contribution in [2.75, 3.05) is 31.5 Å². The van der Waals surface area contributed by atoms with E-state index in [0.29, 0.717) is 32.5 Å². The summed E-state index contributed by atoms with van der Waals surface area (Å²) >= 11 is 0. The molecule has 1 saturated heterocycles. The Morgan fingerprint density at radius 1 is 1.08 bits per heavy atom. The summed E-state index contributed by atoms with van der Waals surface area (Å²) in [5.41, 5.74) is 2.93. The average molecular weight is 329 g/mol. The zero-order valence-corrected chi connectivity index (χ0v) is 14.0. The minimum absolute atomic E-state index is 0.0471. The van der Waals surface area contributed by atoms with Crippen molar-refractivity contribution in [3.63, 3.8) is 0 Å². The third-order valence-electron chi connectivity index (χ3n) is 4.71. The summed E-state index contributed by atoms with van der Waals surface area (Å²) in [6, 6.07) is 5.81. The SMILES string of the molecule is CC(=O)N1CCCN(C(=O)Cc2ccc3c(c2)CCC(=O)N3)CC1. The van der Waals surface area contributed by atoms with E-state index in [2.05, 4.69) is 5.32 Å². The lowest BCUT2D eigenvalue weighted by molar-refractivity contribution is -0.132. The molecule has 128 valence electrons. The number of amides is 3. The smallest absolute Gasteiger partial charge is 0.227 e. The van der Waals surface area contributed by atoms with Gasteiger partial charge in [-0.1, -0.05) is 12.1 Å². The Morgan fingerprint density at radius 2 is 1.83 bits per heavy atom. The van der Waals surface area contributed by atoms with Gasteiger partial charge < -0.3 is 15.1 Å². The Bertz CT molecular complexity index is 671. The molecule has 1 N–H and O–H groups in total. The van der Waals surface area contributed by atoms with Gasteiger partial charge >= 0.3 is 0 Å². The van der Waals surface area contributed by atoms with Crippen LogP contribution in [0.25, 0.3) is 0 Å². The molecule has 0 aliphatic carbocycles. The predicted molar refractivity (Wildman–Crippen MR) is 90.5 cm³/mol. The molecule has 0 aromatic heterocycles. The highest BCUT2D eigenvalue weighted by Gasteiger charge is 2.21. The molecule has 1 fully saturated rings. The molecule has 0 atom stereocenters. The molecular weight excluding hydrogens is 306 g/mol. The third kappa shape index (κ3) is 3.75. The van der Waals surface area contributed by atoms with E-state index in [1.54, 1.807) is 11.8 Å². The van der Waals surface area contributed by atoms with Gasteiger partial charge in [0.1, 0.15) is 0 Å². The van der Waals surface area contributed by atoms with E-state index in [-0.39, 0.29) is 17.7 Å². The third-order valence-corrected chi connectivity index (χ3v) is 4.71. The van der Waals surface area contributed by atoms with Gasteiger partial charge in [-0.2, -0.15) is 0 Å². The molecule has 3 rings (SSSR count). The number of carbonyl (C=O) groups excluding carboxylic acids is 3. The van der Waals surface area contributed by atoms with Crippen LogP contribution < -0.4 is 5.32 Å². The van der Waals surface area contributed by atoms with E-state index in [4.69, 9.17) is 0 Å². The fourth-order valence-corrected chi connectivity index (χ4v) is 3.31. The van der Waals surface area contributed by atoms with Crippen molar-refractivity contribution in [3.05, 3.63) is 29.3 Å². The molecule has 0 spiro atoms. The molecule has 0 radical (unpaired) electrons. The number of hydrogen-bond donors (Lipinski definition) is 1. The van der Waals surface area contributed by atoms with Gasteiger partial charge in [-0.3, -0.25) is 14.4 Å². The average Bonchev–Trinajstić information content (AvgIpc) is 2.81. The van der Waals surface area contributed by atoms with Gasteiger partial charge in [0.05, 0.1) is 6.42 Å². The second-order valence-electron chi connectivity index (χ2n) is 6.46. The van der Waals surface area contributed by atoms with Gasteiger partial charge in [-0.25, -0.2) is 0 Å². The topological polar surface area (TPSA) is 69.7 Å². The Hall–Kier alpha value is -2.37. The molecule has 2 aliphatic heterocycles. The highest BCUT2D eigenvalue weighted by Crippen LogP contribution is 2.24. The van der Waals surface area contributed by atoms with Crippen LogP contribution in [0.1, 0.15) is 30.9 Å². The van der Waals surface area contributed by atoms with Crippen LogP contribution in [-0.4, -0.2) is 53.7 Å². The maximum atomic E-state index is 12.6. The van der Waals surface area contributed by atoms with Crippen molar-refractivity contribution in [2.45, 2.75) is 32.6 Å². The fourth-order valence-electron chi connectivity index (χ4n) is 3.31. The zero-order chi connectivity index (χ0) is 17.1. The molecule has 0 bridgehead atoms. The number of fused-ring (bicyclic) bond motifs is 1. The van der Waals surface area contributed by atoms with Crippen LogP contribution in [0.15, 0.2) is 18.2 Å². The summed E-state index contributed by atoms with van der Waals surface area (Å²) in [5.74, 6) is 0.215. The zero-order valence-electron chi connectivity index (χ0n) is 14.0. The first-order valence-corrected chi connectivity index (χ1v) is 8.48. The van der Waals surface area contributed by atoms with Crippen LogP contribution in [0, 0.1) is 0 Å². The first-order valence-electron chi connectivity index (χ1n) is 8.48. The molecule has 6 heteroatoms. The van der Waals surface area contributed by atoms with E-state index in [9.17, 15) is 14.4 Å². The Labute approximate surface area is 141 Å². The molecule has 0 unspecified atom stereocenters. The molecule has 0 saturated carbocycles. The normalized spacial score (nSPS) is 17.8. The molecular formula is C18H23N3O3. The standard InChI is InChI=1S/C18H23N3O3/c1-13(22)20-7-2-8-21(10-9-20)18(24)12-14-3-5-16-15(11-14)4-6-17(23)19-16/h3,5,11H,2,4,6-10,12H2,1H3,(H,19,23). The van der Waals surface area contributed by atoms with Crippen LogP contribution in [0.4, 0.5) is 5.69 Å². The van der Waals surface area contributed by atoms with Gasteiger partial charge in [0.2, 0.25) is 17.7 Å².